The van der Waals surface area contributed by atoms with Crippen LogP contribution in [0.4, 0.5) is 11.4 Å². The lowest BCUT2D eigenvalue weighted by Crippen LogP contribution is -2.34. The maximum atomic E-state index is 11.5. The van der Waals surface area contributed by atoms with E-state index in [-0.39, 0.29) is 11.4 Å². The molecule has 0 unspecified atom stereocenters. The Kier molecular flexibility index (Phi) is 3.78. The number of ether oxygens (including phenoxy) is 1. The molecule has 0 saturated heterocycles. The van der Waals surface area contributed by atoms with Gasteiger partial charge in [0.2, 0.25) is 0 Å². The van der Waals surface area contributed by atoms with Crippen molar-refractivity contribution in [2.45, 2.75) is 38.0 Å². The molecule has 0 atom stereocenters. The fraction of sp³-hybridized carbons (Fsp3) is 0.412. The Labute approximate surface area is 123 Å². The summed E-state index contributed by atoms with van der Waals surface area (Å²) in [5.41, 5.74) is 1.35. The second-order valence-corrected chi connectivity index (χ2v) is 5.65. The highest BCUT2D eigenvalue weighted by Gasteiger charge is 2.22. The van der Waals surface area contributed by atoms with Gasteiger partial charge < -0.3 is 10.1 Å². The molecule has 1 saturated carbocycles. The maximum Gasteiger partial charge on any atom is 0.272 e. The summed E-state index contributed by atoms with van der Waals surface area (Å²) in [6.45, 7) is 0. The van der Waals surface area contributed by atoms with E-state index in [0.717, 1.165) is 5.69 Å². The molecule has 3 rings (SSSR count). The van der Waals surface area contributed by atoms with Crippen molar-refractivity contribution < 1.29 is 4.74 Å². The fourth-order valence-corrected chi connectivity index (χ4v) is 3.10. The van der Waals surface area contributed by atoms with E-state index in [1.165, 1.54) is 44.8 Å². The number of benzene rings is 1. The highest BCUT2D eigenvalue weighted by molar-refractivity contribution is 5.69. The molecule has 4 nitrogen and oxygen atoms in total. The van der Waals surface area contributed by atoms with Gasteiger partial charge >= 0.3 is 0 Å². The first-order valence-corrected chi connectivity index (χ1v) is 7.45. The summed E-state index contributed by atoms with van der Waals surface area (Å²) in [5.74, 6) is 0.782. The van der Waals surface area contributed by atoms with E-state index in [2.05, 4.69) is 17.4 Å². The highest BCUT2D eigenvalue weighted by atomic mass is 16.5. The zero-order chi connectivity index (χ0) is 14.8. The van der Waals surface area contributed by atoms with E-state index in [1.54, 1.807) is 0 Å². The molecule has 4 heteroatoms. The zero-order valence-electron chi connectivity index (χ0n) is 12.1. The number of rotatable bonds is 4. The van der Waals surface area contributed by atoms with Gasteiger partial charge in [-0.3, -0.25) is 9.59 Å². The molecule has 0 bridgehead atoms. The third kappa shape index (κ3) is 2.58. The average molecular weight is 285 g/mol. The molecule has 0 aliphatic heterocycles. The number of methoxy groups -OCH3 is 1. The summed E-state index contributed by atoms with van der Waals surface area (Å²) in [7, 11) is 1.40. The molecule has 0 radical (unpaired) electrons. The van der Waals surface area contributed by atoms with Gasteiger partial charge in [-0.05, 0) is 36.5 Å². The first-order chi connectivity index (χ1) is 10.2. The number of nitrogens with one attached hydrogen (secondary N) is 1. The Hall–Kier alpha value is -2.10. The summed E-state index contributed by atoms with van der Waals surface area (Å²) >= 11 is 0. The van der Waals surface area contributed by atoms with Crippen molar-refractivity contribution in [3.05, 3.63) is 50.3 Å². The van der Waals surface area contributed by atoms with Gasteiger partial charge in [-0.15, -0.1) is 0 Å². The third-order valence-corrected chi connectivity index (χ3v) is 4.33. The Bertz CT molecular complexity index is 690. The van der Waals surface area contributed by atoms with E-state index in [9.17, 15) is 9.59 Å². The van der Waals surface area contributed by atoms with Crippen LogP contribution in [0, 0.1) is 0 Å². The molecule has 2 aromatic rings. The van der Waals surface area contributed by atoms with Crippen LogP contribution >= 0.6 is 0 Å². The van der Waals surface area contributed by atoms with Crippen LogP contribution < -0.4 is 20.9 Å². The van der Waals surface area contributed by atoms with Gasteiger partial charge in [-0.1, -0.05) is 31.4 Å². The Balaban J connectivity index is 1.74. The molecular formula is C17H19NO3. The average Bonchev–Trinajstić information content (AvgIpc) is 2.55. The van der Waals surface area contributed by atoms with Crippen LogP contribution in [0.2, 0.25) is 0 Å². The van der Waals surface area contributed by atoms with Crippen molar-refractivity contribution in [3.8, 4) is 5.75 Å². The molecule has 21 heavy (non-hydrogen) atoms. The summed E-state index contributed by atoms with van der Waals surface area (Å²) in [5, 5.41) is 2.97. The fourth-order valence-electron chi connectivity index (χ4n) is 3.10. The summed E-state index contributed by atoms with van der Waals surface area (Å²) in [6.07, 6.45) is 6.49. The van der Waals surface area contributed by atoms with Crippen LogP contribution in [0.25, 0.3) is 0 Å². The van der Waals surface area contributed by atoms with Crippen LogP contribution in [-0.4, -0.2) is 7.11 Å². The van der Waals surface area contributed by atoms with Crippen molar-refractivity contribution in [1.82, 2.24) is 0 Å². The lowest BCUT2D eigenvalue weighted by atomic mass is 9.84. The van der Waals surface area contributed by atoms with Crippen molar-refractivity contribution >= 4 is 11.4 Å². The second kappa shape index (κ2) is 5.72. The maximum absolute atomic E-state index is 11.5. The van der Waals surface area contributed by atoms with Crippen LogP contribution in [-0.2, 0) is 0 Å². The molecule has 1 aliphatic rings. The van der Waals surface area contributed by atoms with Crippen molar-refractivity contribution in [2.24, 2.45) is 0 Å². The quantitative estimate of drug-likeness (QED) is 0.877. The van der Waals surface area contributed by atoms with Crippen molar-refractivity contribution in [1.29, 1.82) is 0 Å². The molecule has 0 amide bonds. The van der Waals surface area contributed by atoms with E-state index in [4.69, 9.17) is 4.74 Å². The molecule has 1 N–H and O–H groups in total. The normalized spacial score (nSPS) is 16.0. The molecule has 2 aromatic carbocycles. The van der Waals surface area contributed by atoms with Gasteiger partial charge in [0.05, 0.1) is 7.11 Å². The zero-order valence-corrected chi connectivity index (χ0v) is 12.1. The number of hydrogen-bond acceptors (Lipinski definition) is 4. The van der Waals surface area contributed by atoms with Gasteiger partial charge in [0.15, 0.2) is 5.75 Å². The van der Waals surface area contributed by atoms with Crippen LogP contribution in [0.15, 0.2) is 33.9 Å². The van der Waals surface area contributed by atoms with Crippen LogP contribution in [0.3, 0.4) is 0 Å². The van der Waals surface area contributed by atoms with Gasteiger partial charge in [-0.25, -0.2) is 0 Å². The number of anilines is 2. The Morgan fingerprint density at radius 1 is 1.00 bits per heavy atom. The minimum atomic E-state index is -0.557. The minimum Gasteiger partial charge on any atom is -0.491 e. The molecule has 1 fully saturated rings. The Morgan fingerprint density at radius 2 is 1.67 bits per heavy atom. The molecule has 0 spiro atoms. The number of hydrogen-bond donors (Lipinski definition) is 1. The third-order valence-electron chi connectivity index (χ3n) is 4.33. The van der Waals surface area contributed by atoms with Crippen molar-refractivity contribution in [3.63, 3.8) is 0 Å². The van der Waals surface area contributed by atoms with Crippen molar-refractivity contribution in [2.75, 3.05) is 12.4 Å². The first-order valence-electron chi connectivity index (χ1n) is 7.45. The molecule has 0 aromatic heterocycles. The second-order valence-electron chi connectivity index (χ2n) is 5.65. The summed E-state index contributed by atoms with van der Waals surface area (Å²) in [4.78, 5) is 22.8. The largest absolute Gasteiger partial charge is 0.491 e. The molecular weight excluding hydrogens is 266 g/mol. The van der Waals surface area contributed by atoms with Gasteiger partial charge in [0, 0.05) is 5.69 Å². The SMILES string of the molecule is COc1c(Nc2ccc(C3CCCCC3)cc2)c(=O)c1=O. The van der Waals surface area contributed by atoms with Gasteiger partial charge in [-0.2, -0.15) is 0 Å². The molecule has 0 heterocycles. The molecule has 1 aliphatic carbocycles. The molecule has 110 valence electrons. The van der Waals surface area contributed by atoms with E-state index >= 15 is 0 Å². The monoisotopic (exact) mass is 285 g/mol. The van der Waals surface area contributed by atoms with Crippen LogP contribution in [0.1, 0.15) is 43.6 Å². The van der Waals surface area contributed by atoms with Crippen LogP contribution in [0.5, 0.6) is 5.75 Å². The van der Waals surface area contributed by atoms with E-state index < -0.39 is 10.9 Å². The standard InChI is InChI=1S/C17H19NO3/c1-21-17-14(15(19)16(17)20)18-13-9-7-12(8-10-13)11-5-3-2-4-6-11/h7-11,18H,2-6H2,1H3. The smallest absolute Gasteiger partial charge is 0.272 e. The van der Waals surface area contributed by atoms with Gasteiger partial charge in [0.1, 0.15) is 5.69 Å². The summed E-state index contributed by atoms with van der Waals surface area (Å²) < 4.78 is 4.92. The minimum absolute atomic E-state index is 0.122. The highest BCUT2D eigenvalue weighted by Crippen LogP contribution is 2.33. The van der Waals surface area contributed by atoms with E-state index in [1.807, 2.05) is 12.1 Å². The van der Waals surface area contributed by atoms with E-state index in [0.29, 0.717) is 5.92 Å². The lowest BCUT2D eigenvalue weighted by molar-refractivity contribution is 0.408. The lowest BCUT2D eigenvalue weighted by Gasteiger charge is -2.22. The first kappa shape index (κ1) is 13.9. The summed E-state index contributed by atoms with van der Waals surface area (Å²) in [6, 6.07) is 8.13. The Morgan fingerprint density at radius 3 is 2.29 bits per heavy atom. The predicted molar refractivity (Wildman–Crippen MR) is 83.5 cm³/mol. The van der Waals surface area contributed by atoms with Gasteiger partial charge in [0.25, 0.3) is 10.9 Å². The predicted octanol–water partition coefficient (Wildman–Crippen LogP) is 3.08. The topological polar surface area (TPSA) is 55.4 Å².